The second-order valence-electron chi connectivity index (χ2n) is 8.85. The summed E-state index contributed by atoms with van der Waals surface area (Å²) in [7, 11) is -3.67. The van der Waals surface area contributed by atoms with Crippen LogP contribution in [0.25, 0.3) is 5.82 Å². The number of sulfone groups is 1. The lowest BCUT2D eigenvalue weighted by atomic mass is 9.82. The molecule has 1 aliphatic heterocycles. The smallest absolute Gasteiger partial charge is 0.257 e. The fourth-order valence-corrected chi connectivity index (χ4v) is 5.38. The number of aromatic nitrogens is 3. The van der Waals surface area contributed by atoms with E-state index in [1.54, 1.807) is 0 Å². The van der Waals surface area contributed by atoms with E-state index in [2.05, 4.69) is 20.7 Å². The SMILES string of the molecule is CS(=O)(=O)CC(=O)Nc1c2c(nn1-c1ccc(C#N)cn1)C[C@]1(CCc3cc(F)cc(F)c31)NC2=O. The Morgan fingerprint density at radius 1 is 1.33 bits per heavy atom. The molecule has 0 saturated carbocycles. The van der Waals surface area contributed by atoms with Gasteiger partial charge in [0.1, 0.15) is 29.0 Å². The van der Waals surface area contributed by atoms with Crippen LogP contribution >= 0.6 is 0 Å². The minimum Gasteiger partial charge on any atom is -0.342 e. The molecule has 1 spiro atoms. The van der Waals surface area contributed by atoms with Gasteiger partial charge in [0.15, 0.2) is 21.5 Å². The van der Waals surface area contributed by atoms with Crippen LogP contribution in [-0.2, 0) is 33.0 Å². The Hall–Kier alpha value is -4.18. The predicted molar refractivity (Wildman–Crippen MR) is 122 cm³/mol. The molecular weight excluding hydrogens is 494 g/mol. The van der Waals surface area contributed by atoms with Crippen LogP contribution in [0.5, 0.6) is 0 Å². The number of carbonyl (C=O) groups excluding carboxylic acids is 2. The van der Waals surface area contributed by atoms with Gasteiger partial charge in [0.25, 0.3) is 5.91 Å². The molecule has 2 aliphatic rings. The molecule has 0 bridgehead atoms. The van der Waals surface area contributed by atoms with Crippen molar-refractivity contribution in [2.24, 2.45) is 0 Å². The first-order chi connectivity index (χ1) is 17.0. The summed E-state index contributed by atoms with van der Waals surface area (Å²) in [5.74, 6) is -3.83. The summed E-state index contributed by atoms with van der Waals surface area (Å²) >= 11 is 0. The fourth-order valence-electron chi connectivity index (χ4n) is 4.84. The van der Waals surface area contributed by atoms with Gasteiger partial charge in [-0.15, -0.1) is 0 Å². The van der Waals surface area contributed by atoms with Gasteiger partial charge in [0.2, 0.25) is 5.91 Å². The Bertz CT molecular complexity index is 1590. The van der Waals surface area contributed by atoms with Crippen molar-refractivity contribution in [3.8, 4) is 11.9 Å². The minimum atomic E-state index is -3.67. The molecular formula is C23H18F2N6O4S. The van der Waals surface area contributed by atoms with E-state index < -0.39 is 44.6 Å². The lowest BCUT2D eigenvalue weighted by molar-refractivity contribution is -0.113. The molecule has 2 aromatic heterocycles. The zero-order valence-corrected chi connectivity index (χ0v) is 19.6. The van der Waals surface area contributed by atoms with Crippen molar-refractivity contribution in [1.82, 2.24) is 20.1 Å². The number of amides is 2. The monoisotopic (exact) mass is 512 g/mol. The van der Waals surface area contributed by atoms with Crippen molar-refractivity contribution in [3.05, 3.63) is 70.0 Å². The number of hydrogen-bond acceptors (Lipinski definition) is 7. The molecule has 36 heavy (non-hydrogen) atoms. The summed E-state index contributed by atoms with van der Waals surface area (Å²) in [4.78, 5) is 30.0. The van der Waals surface area contributed by atoms with Gasteiger partial charge in [-0.3, -0.25) is 9.59 Å². The number of nitrogens with zero attached hydrogens (tertiary/aromatic N) is 4. The number of rotatable bonds is 4. The number of benzene rings is 1. The number of carbonyl (C=O) groups is 2. The van der Waals surface area contributed by atoms with Crippen LogP contribution in [0.3, 0.4) is 0 Å². The zero-order chi connectivity index (χ0) is 25.8. The lowest BCUT2D eigenvalue weighted by Gasteiger charge is -2.35. The third kappa shape index (κ3) is 3.99. The Balaban J connectivity index is 1.63. The van der Waals surface area contributed by atoms with Gasteiger partial charge in [-0.1, -0.05) is 0 Å². The van der Waals surface area contributed by atoms with E-state index in [4.69, 9.17) is 5.26 Å². The van der Waals surface area contributed by atoms with E-state index in [1.807, 2.05) is 6.07 Å². The van der Waals surface area contributed by atoms with Crippen LogP contribution in [0, 0.1) is 23.0 Å². The largest absolute Gasteiger partial charge is 0.342 e. The minimum absolute atomic E-state index is 0.0235. The van der Waals surface area contributed by atoms with E-state index in [0.29, 0.717) is 18.4 Å². The van der Waals surface area contributed by atoms with Crippen molar-refractivity contribution in [2.75, 3.05) is 17.3 Å². The first-order valence-corrected chi connectivity index (χ1v) is 12.8. The predicted octanol–water partition coefficient (Wildman–Crippen LogP) is 1.53. The van der Waals surface area contributed by atoms with Gasteiger partial charge < -0.3 is 10.6 Å². The van der Waals surface area contributed by atoms with E-state index in [-0.39, 0.29) is 40.4 Å². The van der Waals surface area contributed by atoms with E-state index >= 15 is 0 Å². The quantitative estimate of drug-likeness (QED) is 0.539. The van der Waals surface area contributed by atoms with Gasteiger partial charge >= 0.3 is 0 Å². The molecule has 5 rings (SSSR count). The highest BCUT2D eigenvalue weighted by atomic mass is 32.2. The standard InChI is InChI=1S/C23H18F2N6O4S/c1-36(34,35)11-18(32)28-21-19-16(30-31(21)17-3-2-12(9-26)10-27-17)8-23(29-22(19)33)5-4-13-6-14(24)7-15(25)20(13)23/h2-3,6-7,10H,4-5,8,11H2,1H3,(H,28,32)(H,29,33)/t23-/m0/s1. The lowest BCUT2D eigenvalue weighted by Crippen LogP contribution is -2.50. The average Bonchev–Trinajstić information content (AvgIpc) is 3.31. The van der Waals surface area contributed by atoms with Crippen LogP contribution < -0.4 is 10.6 Å². The Labute approximate surface area is 203 Å². The van der Waals surface area contributed by atoms with Crippen LogP contribution in [-0.4, -0.2) is 47.0 Å². The molecule has 0 fully saturated rings. The average molecular weight is 512 g/mol. The molecule has 1 aliphatic carbocycles. The maximum atomic E-state index is 14.9. The molecule has 2 amide bonds. The maximum Gasteiger partial charge on any atom is 0.257 e. The number of fused-ring (bicyclic) bond motifs is 3. The second kappa shape index (κ2) is 8.20. The summed E-state index contributed by atoms with van der Waals surface area (Å²) in [6.07, 6.45) is 2.87. The Morgan fingerprint density at radius 2 is 2.11 bits per heavy atom. The number of aryl methyl sites for hydroxylation is 1. The Morgan fingerprint density at radius 3 is 2.78 bits per heavy atom. The van der Waals surface area contributed by atoms with Gasteiger partial charge in [-0.25, -0.2) is 22.2 Å². The molecule has 13 heteroatoms. The summed E-state index contributed by atoms with van der Waals surface area (Å²) in [6, 6.07) is 6.85. The highest BCUT2D eigenvalue weighted by Gasteiger charge is 2.48. The summed E-state index contributed by atoms with van der Waals surface area (Å²) in [6.45, 7) is 0. The molecule has 3 aromatic rings. The molecule has 184 valence electrons. The molecule has 0 unspecified atom stereocenters. The van der Waals surface area contributed by atoms with E-state index in [0.717, 1.165) is 12.3 Å². The number of pyridine rings is 1. The number of anilines is 1. The van der Waals surface area contributed by atoms with Crippen molar-refractivity contribution in [3.63, 3.8) is 0 Å². The van der Waals surface area contributed by atoms with Crippen LogP contribution in [0.2, 0.25) is 0 Å². The summed E-state index contributed by atoms with van der Waals surface area (Å²) in [5, 5.41) is 18.8. The molecule has 0 radical (unpaired) electrons. The zero-order valence-electron chi connectivity index (χ0n) is 18.8. The Kier molecular flexibility index (Phi) is 5.36. The molecule has 1 aromatic carbocycles. The van der Waals surface area contributed by atoms with Crippen LogP contribution in [0.1, 0.15) is 39.2 Å². The highest BCUT2D eigenvalue weighted by Crippen LogP contribution is 2.45. The number of halogens is 2. The first kappa shape index (κ1) is 23.6. The molecule has 3 heterocycles. The molecule has 2 N–H and O–H groups in total. The second-order valence-corrected chi connectivity index (χ2v) is 11.0. The van der Waals surface area contributed by atoms with Gasteiger partial charge in [0, 0.05) is 30.5 Å². The van der Waals surface area contributed by atoms with Gasteiger partial charge in [-0.05, 0) is 36.6 Å². The molecule has 0 saturated heterocycles. The third-order valence-electron chi connectivity index (χ3n) is 6.19. The normalized spacial score (nSPS) is 18.3. The topological polar surface area (TPSA) is 147 Å². The molecule has 1 atom stereocenters. The highest BCUT2D eigenvalue weighted by molar-refractivity contribution is 7.91. The van der Waals surface area contributed by atoms with Crippen molar-refractivity contribution < 1.29 is 26.8 Å². The van der Waals surface area contributed by atoms with E-state index in [1.165, 1.54) is 29.1 Å². The maximum absolute atomic E-state index is 14.9. The molecule has 10 nitrogen and oxygen atoms in total. The number of nitrogens with one attached hydrogen (secondary N) is 2. The first-order valence-electron chi connectivity index (χ1n) is 10.8. The van der Waals surface area contributed by atoms with Crippen molar-refractivity contribution >= 4 is 27.5 Å². The summed E-state index contributed by atoms with van der Waals surface area (Å²) < 4.78 is 53.1. The summed E-state index contributed by atoms with van der Waals surface area (Å²) in [5.41, 5.74) is -0.0635. The third-order valence-corrected chi connectivity index (χ3v) is 6.97. The van der Waals surface area contributed by atoms with Gasteiger partial charge in [-0.2, -0.15) is 15.0 Å². The number of nitriles is 1. The van der Waals surface area contributed by atoms with E-state index in [9.17, 15) is 26.8 Å². The van der Waals surface area contributed by atoms with Crippen LogP contribution in [0.15, 0.2) is 30.5 Å². The number of hydrogen-bond donors (Lipinski definition) is 2. The van der Waals surface area contributed by atoms with Crippen molar-refractivity contribution in [2.45, 2.75) is 24.8 Å². The van der Waals surface area contributed by atoms with Crippen LogP contribution in [0.4, 0.5) is 14.6 Å². The van der Waals surface area contributed by atoms with Crippen molar-refractivity contribution in [1.29, 1.82) is 5.26 Å². The van der Waals surface area contributed by atoms with Gasteiger partial charge in [0.05, 0.1) is 16.8 Å². The fraction of sp³-hybridized carbons (Fsp3) is 0.261.